The Labute approximate surface area is 198 Å². The van der Waals surface area contributed by atoms with Crippen LogP contribution in [0, 0.1) is 11.8 Å². The summed E-state index contributed by atoms with van der Waals surface area (Å²) >= 11 is 5.88. The fourth-order valence-electron chi connectivity index (χ4n) is 3.84. The number of primary amides is 1. The number of hydrogen-bond donors (Lipinski definition) is 5. The molecule has 1 saturated heterocycles. The molecule has 1 aliphatic rings. The monoisotopic (exact) mass is 480 g/mol. The lowest BCUT2D eigenvalue weighted by Gasteiger charge is -2.27. The molecule has 0 radical (unpaired) electrons. The molecular formula is C23H33ClN4O5. The van der Waals surface area contributed by atoms with Crippen LogP contribution in [-0.4, -0.2) is 47.4 Å². The maximum absolute atomic E-state index is 12.9. The molecule has 4 amide bonds. The summed E-state index contributed by atoms with van der Waals surface area (Å²) in [6.07, 6.45) is 0.693. The lowest BCUT2D eigenvalue weighted by Crippen LogP contribution is -2.54. The van der Waals surface area contributed by atoms with Crippen LogP contribution in [0.5, 0.6) is 0 Å². The zero-order chi connectivity index (χ0) is 24.8. The Hall–Kier alpha value is -2.65. The summed E-state index contributed by atoms with van der Waals surface area (Å²) in [4.78, 5) is 49.4. The van der Waals surface area contributed by atoms with Gasteiger partial charge in [0.1, 0.15) is 12.1 Å². The number of halogens is 1. The van der Waals surface area contributed by atoms with Crippen LogP contribution in [0.1, 0.15) is 52.0 Å². The molecule has 6 N–H and O–H groups in total. The van der Waals surface area contributed by atoms with Gasteiger partial charge in [0, 0.05) is 17.5 Å². The molecule has 33 heavy (non-hydrogen) atoms. The third-order valence-electron chi connectivity index (χ3n) is 5.67. The predicted octanol–water partition coefficient (Wildman–Crippen LogP) is 0.965. The van der Waals surface area contributed by atoms with E-state index < -0.39 is 41.3 Å². The average Bonchev–Trinajstić information content (AvgIpc) is 3.10. The SMILES string of the molecule is CC(C)CC(NC(=O)CC(C)(O)c1ccc(Cl)cc1)C(=O)N[C@@H](C[C@@H]1CCNC1=O)C(N)=O. The van der Waals surface area contributed by atoms with Crippen LogP contribution < -0.4 is 21.7 Å². The number of rotatable bonds is 11. The number of carbonyl (C=O) groups excluding carboxylic acids is 4. The van der Waals surface area contributed by atoms with E-state index in [0.29, 0.717) is 30.0 Å². The van der Waals surface area contributed by atoms with Crippen molar-refractivity contribution >= 4 is 35.2 Å². The van der Waals surface area contributed by atoms with Crippen molar-refractivity contribution in [3.05, 3.63) is 34.9 Å². The largest absolute Gasteiger partial charge is 0.385 e. The summed E-state index contributed by atoms with van der Waals surface area (Å²) in [7, 11) is 0. The van der Waals surface area contributed by atoms with Crippen molar-refractivity contribution in [3.8, 4) is 0 Å². The Morgan fingerprint density at radius 2 is 1.85 bits per heavy atom. The molecular weight excluding hydrogens is 448 g/mol. The van der Waals surface area contributed by atoms with E-state index in [1.54, 1.807) is 24.3 Å². The lowest BCUT2D eigenvalue weighted by molar-refractivity contribution is -0.133. The second-order valence-electron chi connectivity index (χ2n) is 9.18. The molecule has 10 heteroatoms. The first kappa shape index (κ1) is 26.6. The van der Waals surface area contributed by atoms with Gasteiger partial charge in [-0.05, 0) is 49.8 Å². The van der Waals surface area contributed by atoms with E-state index in [0.717, 1.165) is 0 Å². The molecule has 182 valence electrons. The van der Waals surface area contributed by atoms with Crippen molar-refractivity contribution in [1.82, 2.24) is 16.0 Å². The van der Waals surface area contributed by atoms with E-state index in [-0.39, 0.29) is 24.7 Å². The third kappa shape index (κ3) is 8.01. The molecule has 1 aromatic carbocycles. The average molecular weight is 481 g/mol. The maximum Gasteiger partial charge on any atom is 0.243 e. The second kappa shape index (κ2) is 11.5. The van der Waals surface area contributed by atoms with Crippen LogP contribution in [0.3, 0.4) is 0 Å². The molecule has 2 unspecified atom stereocenters. The van der Waals surface area contributed by atoms with Gasteiger partial charge in [-0.3, -0.25) is 19.2 Å². The highest BCUT2D eigenvalue weighted by Gasteiger charge is 2.33. The highest BCUT2D eigenvalue weighted by molar-refractivity contribution is 6.30. The van der Waals surface area contributed by atoms with E-state index in [4.69, 9.17) is 17.3 Å². The highest BCUT2D eigenvalue weighted by Crippen LogP contribution is 2.26. The third-order valence-corrected chi connectivity index (χ3v) is 5.92. The normalized spacial score (nSPS) is 19.3. The Bertz CT molecular complexity index is 872. The van der Waals surface area contributed by atoms with Crippen LogP contribution in [0.25, 0.3) is 0 Å². The number of nitrogens with one attached hydrogen (secondary N) is 3. The fraction of sp³-hybridized carbons (Fsp3) is 0.565. The Balaban J connectivity index is 2.06. The Morgan fingerprint density at radius 3 is 2.36 bits per heavy atom. The minimum absolute atomic E-state index is 0.0606. The molecule has 1 aliphatic heterocycles. The number of aliphatic hydroxyl groups is 1. The van der Waals surface area contributed by atoms with Crippen molar-refractivity contribution in [2.24, 2.45) is 17.6 Å². The van der Waals surface area contributed by atoms with Crippen LogP contribution in [0.4, 0.5) is 0 Å². The van der Waals surface area contributed by atoms with Gasteiger partial charge in [0.05, 0.1) is 12.0 Å². The Kier molecular flexibility index (Phi) is 9.25. The quantitative estimate of drug-likeness (QED) is 0.319. The van der Waals surface area contributed by atoms with Crippen LogP contribution >= 0.6 is 11.6 Å². The van der Waals surface area contributed by atoms with Crippen molar-refractivity contribution in [2.45, 2.75) is 64.1 Å². The first-order valence-corrected chi connectivity index (χ1v) is 11.4. The highest BCUT2D eigenvalue weighted by atomic mass is 35.5. The summed E-state index contributed by atoms with van der Waals surface area (Å²) in [6.45, 7) is 5.81. The number of benzene rings is 1. The topological polar surface area (TPSA) is 151 Å². The van der Waals surface area contributed by atoms with Crippen molar-refractivity contribution in [1.29, 1.82) is 0 Å². The molecule has 4 atom stereocenters. The molecule has 0 saturated carbocycles. The summed E-state index contributed by atoms with van der Waals surface area (Å²) in [5.41, 5.74) is 4.49. The summed E-state index contributed by atoms with van der Waals surface area (Å²) in [6, 6.07) is 4.53. The minimum Gasteiger partial charge on any atom is -0.385 e. The fourth-order valence-corrected chi connectivity index (χ4v) is 3.97. The molecule has 0 aromatic heterocycles. The van der Waals surface area contributed by atoms with E-state index in [1.165, 1.54) is 6.92 Å². The molecule has 1 aromatic rings. The second-order valence-corrected chi connectivity index (χ2v) is 9.62. The van der Waals surface area contributed by atoms with Crippen molar-refractivity contribution in [3.63, 3.8) is 0 Å². The van der Waals surface area contributed by atoms with E-state index in [9.17, 15) is 24.3 Å². The van der Waals surface area contributed by atoms with Crippen LogP contribution in [0.15, 0.2) is 24.3 Å². The maximum atomic E-state index is 12.9. The molecule has 1 fully saturated rings. The van der Waals surface area contributed by atoms with Crippen LogP contribution in [0.2, 0.25) is 5.02 Å². The first-order valence-electron chi connectivity index (χ1n) is 11.0. The predicted molar refractivity (Wildman–Crippen MR) is 124 cm³/mol. The summed E-state index contributed by atoms with van der Waals surface area (Å²) in [5, 5.41) is 19.2. The zero-order valence-corrected chi connectivity index (χ0v) is 19.9. The Morgan fingerprint density at radius 1 is 1.21 bits per heavy atom. The van der Waals surface area contributed by atoms with E-state index in [1.807, 2.05) is 13.8 Å². The minimum atomic E-state index is -1.47. The molecule has 0 spiro atoms. The van der Waals surface area contributed by atoms with Crippen molar-refractivity contribution in [2.75, 3.05) is 6.54 Å². The van der Waals surface area contributed by atoms with Gasteiger partial charge in [0.2, 0.25) is 23.6 Å². The summed E-state index contributed by atoms with van der Waals surface area (Å²) in [5.74, 6) is -2.36. The van der Waals surface area contributed by atoms with Gasteiger partial charge in [-0.25, -0.2) is 0 Å². The number of hydrogen-bond acceptors (Lipinski definition) is 5. The molecule has 0 bridgehead atoms. The van der Waals surface area contributed by atoms with E-state index in [2.05, 4.69) is 16.0 Å². The van der Waals surface area contributed by atoms with Crippen LogP contribution in [-0.2, 0) is 24.8 Å². The number of carbonyl (C=O) groups is 4. The van der Waals surface area contributed by atoms with Gasteiger partial charge in [0.15, 0.2) is 0 Å². The van der Waals surface area contributed by atoms with Gasteiger partial charge in [-0.15, -0.1) is 0 Å². The van der Waals surface area contributed by atoms with Gasteiger partial charge in [-0.1, -0.05) is 37.6 Å². The lowest BCUT2D eigenvalue weighted by atomic mass is 9.92. The standard InChI is InChI=1S/C23H33ClN4O5/c1-13(2)10-18(22(32)28-17(20(25)30)11-14-8-9-26-21(14)31)27-19(29)12-23(3,33)15-4-6-16(24)7-5-15/h4-7,13-14,17-18,33H,8-12H2,1-3H3,(H2,25,30)(H,26,31)(H,27,29)(H,28,32)/t14-,17-,18?,23?/m0/s1. The van der Waals surface area contributed by atoms with Gasteiger partial charge in [0.25, 0.3) is 0 Å². The van der Waals surface area contributed by atoms with Gasteiger partial charge < -0.3 is 26.8 Å². The van der Waals surface area contributed by atoms with Gasteiger partial charge in [-0.2, -0.15) is 0 Å². The summed E-state index contributed by atoms with van der Waals surface area (Å²) < 4.78 is 0. The van der Waals surface area contributed by atoms with Gasteiger partial charge >= 0.3 is 0 Å². The molecule has 9 nitrogen and oxygen atoms in total. The zero-order valence-electron chi connectivity index (χ0n) is 19.2. The first-order chi connectivity index (χ1) is 15.4. The molecule has 0 aliphatic carbocycles. The number of nitrogens with two attached hydrogens (primary N) is 1. The molecule has 1 heterocycles. The van der Waals surface area contributed by atoms with Crippen molar-refractivity contribution < 1.29 is 24.3 Å². The number of amides is 4. The van der Waals surface area contributed by atoms with E-state index >= 15 is 0 Å². The smallest absolute Gasteiger partial charge is 0.243 e. The molecule has 2 rings (SSSR count).